The van der Waals surface area contributed by atoms with Crippen LogP contribution in [0.3, 0.4) is 0 Å². The van der Waals surface area contributed by atoms with Gasteiger partial charge in [0.15, 0.2) is 6.04 Å². The number of ether oxygens (including phenoxy) is 2. The first-order valence-corrected chi connectivity index (χ1v) is 13.4. The van der Waals surface area contributed by atoms with Crippen LogP contribution in [-0.4, -0.2) is 79.6 Å². The maximum Gasteiger partial charge on any atom is 0.331 e. The van der Waals surface area contributed by atoms with Crippen LogP contribution in [0.1, 0.15) is 57.9 Å². The monoisotopic (exact) mass is 568 g/mol. The van der Waals surface area contributed by atoms with E-state index < -0.39 is 60.2 Å². The Morgan fingerprint density at radius 2 is 1.73 bits per heavy atom. The molecule has 11 nitrogen and oxygen atoms in total. The third kappa shape index (κ3) is 10.4. The van der Waals surface area contributed by atoms with E-state index in [2.05, 4.69) is 22.9 Å². The highest BCUT2D eigenvalue weighted by Gasteiger charge is 2.35. The molecule has 0 aromatic heterocycles. The molecule has 1 aliphatic rings. The van der Waals surface area contributed by atoms with E-state index in [1.807, 2.05) is 0 Å². The zero-order chi connectivity index (χ0) is 29.7. The summed E-state index contributed by atoms with van der Waals surface area (Å²) >= 11 is 0. The van der Waals surface area contributed by atoms with Crippen molar-refractivity contribution in [2.75, 3.05) is 26.8 Å². The second-order valence-corrected chi connectivity index (χ2v) is 9.58. The van der Waals surface area contributed by atoms with Gasteiger partial charge >= 0.3 is 18.0 Å². The van der Waals surface area contributed by atoms with Crippen LogP contribution in [0.4, 0.5) is 13.6 Å². The van der Waals surface area contributed by atoms with Gasteiger partial charge in [-0.25, -0.2) is 23.2 Å². The predicted octanol–water partition coefficient (Wildman–Crippen LogP) is 1.97. The average Bonchev–Trinajstić information content (AvgIpc) is 3.40. The molecule has 1 saturated heterocycles. The van der Waals surface area contributed by atoms with Crippen molar-refractivity contribution >= 4 is 29.8 Å². The summed E-state index contributed by atoms with van der Waals surface area (Å²) in [6.07, 6.45) is 4.38. The van der Waals surface area contributed by atoms with Gasteiger partial charge in [-0.3, -0.25) is 9.59 Å². The molecule has 0 radical (unpaired) electrons. The van der Waals surface area contributed by atoms with Crippen molar-refractivity contribution in [3.8, 4) is 0 Å². The van der Waals surface area contributed by atoms with Gasteiger partial charge in [-0.15, -0.1) is 0 Å². The number of esters is 2. The largest absolute Gasteiger partial charge is 0.467 e. The number of carbonyl (C=O) groups is 5. The van der Waals surface area contributed by atoms with E-state index in [1.54, 1.807) is 0 Å². The van der Waals surface area contributed by atoms with Crippen LogP contribution in [-0.2, 0) is 35.1 Å². The highest BCUT2D eigenvalue weighted by Crippen LogP contribution is 2.18. The summed E-state index contributed by atoms with van der Waals surface area (Å²) in [5.41, 5.74) is 0.0903. The molecule has 1 aliphatic heterocycles. The molecule has 1 unspecified atom stereocenters. The number of carbonyl (C=O) groups excluding carboxylic acids is 5. The molecule has 0 bridgehead atoms. The molecule has 4 amide bonds. The quantitative estimate of drug-likeness (QED) is 0.230. The lowest BCUT2D eigenvalue weighted by atomic mass is 10.0. The number of amides is 4. The van der Waals surface area contributed by atoms with E-state index in [1.165, 1.54) is 11.8 Å². The van der Waals surface area contributed by atoms with Gasteiger partial charge in [0.2, 0.25) is 11.8 Å². The summed E-state index contributed by atoms with van der Waals surface area (Å²) in [7, 11) is 1.08. The highest BCUT2D eigenvalue weighted by atomic mass is 19.1. The number of methoxy groups -OCH3 is 1. The van der Waals surface area contributed by atoms with Gasteiger partial charge in [-0.2, -0.15) is 0 Å². The number of halogens is 2. The smallest absolute Gasteiger partial charge is 0.331 e. The third-order valence-electron chi connectivity index (χ3n) is 6.42. The number of nitrogens with zero attached hydrogens (tertiary/aromatic N) is 1. The van der Waals surface area contributed by atoms with Crippen LogP contribution in [0.2, 0.25) is 0 Å². The molecule has 2 rings (SSSR count). The fourth-order valence-electron chi connectivity index (χ4n) is 4.37. The summed E-state index contributed by atoms with van der Waals surface area (Å²) in [4.78, 5) is 63.8. The van der Waals surface area contributed by atoms with Crippen molar-refractivity contribution in [3.05, 3.63) is 35.4 Å². The van der Waals surface area contributed by atoms with Crippen LogP contribution >= 0.6 is 0 Å². The van der Waals surface area contributed by atoms with Crippen LogP contribution < -0.4 is 16.0 Å². The van der Waals surface area contributed by atoms with Crippen LogP contribution in [0.15, 0.2) is 18.2 Å². The van der Waals surface area contributed by atoms with E-state index in [0.717, 1.165) is 44.9 Å². The Bertz CT molecular complexity index is 1040. The van der Waals surface area contributed by atoms with Gasteiger partial charge in [-0.05, 0) is 37.0 Å². The molecule has 1 fully saturated rings. The van der Waals surface area contributed by atoms with Crippen molar-refractivity contribution < 1.29 is 42.2 Å². The SMILES string of the molecule is CCCCCCNC(=O)N[C@@H](Cc1cc(F)cc(F)c1)C(=O)N[C@@H](COC(=O)C1CCCN1C(C)=O)C(=O)OC. The van der Waals surface area contributed by atoms with Gasteiger partial charge < -0.3 is 30.3 Å². The Hall–Kier alpha value is -3.77. The number of hydrogen-bond acceptors (Lipinski definition) is 7. The fraction of sp³-hybridized carbons (Fsp3) is 0.593. The minimum atomic E-state index is -1.45. The molecule has 0 saturated carbocycles. The van der Waals surface area contributed by atoms with Crippen LogP contribution in [0.25, 0.3) is 0 Å². The summed E-state index contributed by atoms with van der Waals surface area (Å²) < 4.78 is 37.5. The lowest BCUT2D eigenvalue weighted by Gasteiger charge is -2.24. The maximum absolute atomic E-state index is 13.8. The number of unbranched alkanes of at least 4 members (excludes halogenated alkanes) is 3. The van der Waals surface area contributed by atoms with Gasteiger partial charge in [0.05, 0.1) is 7.11 Å². The summed E-state index contributed by atoms with van der Waals surface area (Å²) in [6.45, 7) is 3.55. The Morgan fingerprint density at radius 1 is 1.02 bits per heavy atom. The van der Waals surface area contributed by atoms with E-state index in [4.69, 9.17) is 9.47 Å². The lowest BCUT2D eigenvalue weighted by Crippen LogP contribution is -2.55. The van der Waals surface area contributed by atoms with Crippen LogP contribution in [0.5, 0.6) is 0 Å². The first kappa shape index (κ1) is 32.4. The van der Waals surface area contributed by atoms with E-state index in [9.17, 15) is 32.8 Å². The van der Waals surface area contributed by atoms with E-state index >= 15 is 0 Å². The fourth-order valence-corrected chi connectivity index (χ4v) is 4.37. The Kier molecular flexibility index (Phi) is 13.3. The average molecular weight is 569 g/mol. The Balaban J connectivity index is 2.11. The number of nitrogens with one attached hydrogen (secondary N) is 3. The van der Waals surface area contributed by atoms with Crippen molar-refractivity contribution in [1.82, 2.24) is 20.9 Å². The number of hydrogen-bond donors (Lipinski definition) is 3. The minimum absolute atomic E-state index is 0.0903. The molecule has 0 aliphatic carbocycles. The number of urea groups is 1. The molecule has 222 valence electrons. The summed E-state index contributed by atoms with van der Waals surface area (Å²) in [6, 6.07) is -1.55. The number of benzene rings is 1. The first-order chi connectivity index (χ1) is 19.0. The molecule has 1 heterocycles. The summed E-state index contributed by atoms with van der Waals surface area (Å²) in [5.74, 6) is -4.54. The van der Waals surface area contributed by atoms with Gasteiger partial charge in [0, 0.05) is 32.5 Å². The van der Waals surface area contributed by atoms with Crippen molar-refractivity contribution in [2.45, 2.75) is 76.9 Å². The first-order valence-electron chi connectivity index (χ1n) is 13.4. The van der Waals surface area contributed by atoms with Gasteiger partial charge in [0.25, 0.3) is 0 Å². The molecular formula is C27H38F2N4O7. The lowest BCUT2D eigenvalue weighted by molar-refractivity contribution is -0.157. The van der Waals surface area contributed by atoms with Crippen molar-refractivity contribution in [2.24, 2.45) is 0 Å². The zero-order valence-electron chi connectivity index (χ0n) is 23.1. The zero-order valence-corrected chi connectivity index (χ0v) is 23.1. The second kappa shape index (κ2) is 16.4. The molecule has 1 aromatic rings. The third-order valence-corrected chi connectivity index (χ3v) is 6.42. The van der Waals surface area contributed by atoms with Gasteiger partial charge in [0.1, 0.15) is 30.3 Å². The molecular weight excluding hydrogens is 530 g/mol. The standard InChI is InChI=1S/C27H38F2N4O7/c1-4-5-6-7-10-30-27(38)32-21(14-18-12-19(28)15-20(29)13-18)24(35)31-22(25(36)39-3)16-40-26(37)23-9-8-11-33(23)17(2)34/h12-13,15,21-23H,4-11,14,16H2,1-3H3,(H,31,35)(H2,30,32,38)/t21-,22-,23?/m0/s1. The summed E-state index contributed by atoms with van der Waals surface area (Å²) in [5, 5.41) is 7.50. The number of likely N-dealkylation sites (tertiary alicyclic amines) is 1. The Labute approximate surface area is 232 Å². The normalized spacial score (nSPS) is 16.0. The van der Waals surface area contributed by atoms with E-state index in [-0.39, 0.29) is 17.9 Å². The Morgan fingerprint density at radius 3 is 2.35 bits per heavy atom. The predicted molar refractivity (Wildman–Crippen MR) is 140 cm³/mol. The molecule has 13 heteroatoms. The van der Waals surface area contributed by atoms with E-state index in [0.29, 0.717) is 32.0 Å². The highest BCUT2D eigenvalue weighted by molar-refractivity contribution is 5.91. The van der Waals surface area contributed by atoms with Crippen molar-refractivity contribution in [1.29, 1.82) is 0 Å². The van der Waals surface area contributed by atoms with Crippen LogP contribution in [0, 0.1) is 11.6 Å². The molecule has 0 spiro atoms. The number of rotatable bonds is 14. The second-order valence-electron chi connectivity index (χ2n) is 9.58. The van der Waals surface area contributed by atoms with Crippen molar-refractivity contribution in [3.63, 3.8) is 0 Å². The maximum atomic E-state index is 13.8. The topological polar surface area (TPSA) is 143 Å². The minimum Gasteiger partial charge on any atom is -0.467 e. The molecule has 40 heavy (non-hydrogen) atoms. The molecule has 1 aromatic carbocycles. The molecule has 3 N–H and O–H groups in total. The van der Waals surface area contributed by atoms with Gasteiger partial charge in [-0.1, -0.05) is 26.2 Å². The molecule has 3 atom stereocenters.